The topological polar surface area (TPSA) is 120 Å². The van der Waals surface area contributed by atoms with Crippen LogP contribution in [0.15, 0.2) is 51.9 Å². The molecule has 1 aromatic heterocycles. The minimum atomic E-state index is -4.17. The highest BCUT2D eigenvalue weighted by atomic mass is 32.2. The minimum Gasteiger partial charge on any atom is -0.497 e. The Balaban J connectivity index is 1.95. The quantitative estimate of drug-likeness (QED) is 0.501. The minimum absolute atomic E-state index is 0.0859. The molecule has 1 amide bonds. The standard InChI is InChI=1S/C22H25N3O7S/c1-14-22(15(2)32-24-14)33(27,28)25(17-7-9-18(29-3)10-8-17)13-21(26)23-16-6-11-19(30-4)20(12-16)31-5/h6-12H,13H2,1-5H3,(H,23,26). The van der Waals surface area contributed by atoms with Gasteiger partial charge in [0.05, 0.1) is 27.0 Å². The molecule has 2 aromatic carbocycles. The highest BCUT2D eigenvalue weighted by Crippen LogP contribution is 2.31. The highest BCUT2D eigenvalue weighted by molar-refractivity contribution is 7.93. The van der Waals surface area contributed by atoms with Gasteiger partial charge in [0.2, 0.25) is 5.91 Å². The van der Waals surface area contributed by atoms with Crippen molar-refractivity contribution in [2.24, 2.45) is 0 Å². The molecule has 0 saturated carbocycles. The Kier molecular flexibility index (Phi) is 7.12. The molecule has 0 fully saturated rings. The van der Waals surface area contributed by atoms with Gasteiger partial charge in [-0.25, -0.2) is 8.42 Å². The summed E-state index contributed by atoms with van der Waals surface area (Å²) in [6, 6.07) is 11.2. The van der Waals surface area contributed by atoms with Crippen molar-refractivity contribution in [3.05, 3.63) is 53.9 Å². The van der Waals surface area contributed by atoms with E-state index >= 15 is 0 Å². The number of aryl methyl sites for hydroxylation is 2. The number of hydrogen-bond donors (Lipinski definition) is 1. The fourth-order valence-electron chi connectivity index (χ4n) is 3.26. The SMILES string of the molecule is COc1ccc(N(CC(=O)Nc2ccc(OC)c(OC)c2)S(=O)(=O)c2c(C)noc2C)cc1. The summed E-state index contributed by atoms with van der Waals surface area (Å²) in [7, 11) is 0.312. The predicted octanol–water partition coefficient (Wildman–Crippen LogP) is 3.15. The summed E-state index contributed by atoms with van der Waals surface area (Å²) in [5.41, 5.74) is 0.895. The van der Waals surface area contributed by atoms with E-state index in [2.05, 4.69) is 10.5 Å². The number of rotatable bonds is 9. The molecule has 176 valence electrons. The fraction of sp³-hybridized carbons (Fsp3) is 0.273. The number of carbonyl (C=O) groups is 1. The lowest BCUT2D eigenvalue weighted by atomic mass is 10.2. The second kappa shape index (κ2) is 9.82. The molecule has 0 unspecified atom stereocenters. The van der Waals surface area contributed by atoms with Gasteiger partial charge in [0.15, 0.2) is 22.2 Å². The lowest BCUT2D eigenvalue weighted by Crippen LogP contribution is -2.38. The Hall–Kier alpha value is -3.73. The van der Waals surface area contributed by atoms with Crippen LogP contribution in [0.5, 0.6) is 17.2 Å². The van der Waals surface area contributed by atoms with Gasteiger partial charge in [-0.05, 0) is 50.2 Å². The molecule has 0 bridgehead atoms. The molecule has 0 spiro atoms. The van der Waals surface area contributed by atoms with Gasteiger partial charge in [0.25, 0.3) is 10.0 Å². The number of aromatic nitrogens is 1. The second-order valence-electron chi connectivity index (χ2n) is 6.98. The van der Waals surface area contributed by atoms with Crippen LogP contribution >= 0.6 is 0 Å². The number of nitrogens with zero attached hydrogens (tertiary/aromatic N) is 2. The first kappa shape index (κ1) is 23.9. The van der Waals surface area contributed by atoms with Crippen LogP contribution in [0.4, 0.5) is 11.4 Å². The maximum absolute atomic E-state index is 13.5. The number of benzene rings is 2. The first-order chi connectivity index (χ1) is 15.7. The Morgan fingerprint density at radius 2 is 1.67 bits per heavy atom. The van der Waals surface area contributed by atoms with Crippen LogP contribution in [0.2, 0.25) is 0 Å². The van der Waals surface area contributed by atoms with Gasteiger partial charge in [0.1, 0.15) is 18.0 Å². The van der Waals surface area contributed by atoms with Gasteiger partial charge >= 0.3 is 0 Å². The van der Waals surface area contributed by atoms with E-state index in [4.69, 9.17) is 18.7 Å². The second-order valence-corrected chi connectivity index (χ2v) is 8.78. The number of ether oxygens (including phenoxy) is 3. The molecule has 0 atom stereocenters. The van der Waals surface area contributed by atoms with Crippen LogP contribution in [0.3, 0.4) is 0 Å². The maximum atomic E-state index is 13.5. The van der Waals surface area contributed by atoms with Gasteiger partial charge in [-0.2, -0.15) is 0 Å². The van der Waals surface area contributed by atoms with E-state index in [0.717, 1.165) is 4.31 Å². The number of anilines is 2. The molecule has 3 aromatic rings. The molecule has 11 heteroatoms. The molecule has 0 aliphatic rings. The zero-order valence-corrected chi connectivity index (χ0v) is 19.7. The van der Waals surface area contributed by atoms with Crippen molar-refractivity contribution in [2.75, 3.05) is 37.5 Å². The van der Waals surface area contributed by atoms with Crippen LogP contribution in [0, 0.1) is 13.8 Å². The van der Waals surface area contributed by atoms with Crippen LogP contribution in [0.25, 0.3) is 0 Å². The largest absolute Gasteiger partial charge is 0.497 e. The molecule has 10 nitrogen and oxygen atoms in total. The Bertz CT molecular complexity index is 1220. The van der Waals surface area contributed by atoms with E-state index < -0.39 is 22.5 Å². The Morgan fingerprint density at radius 3 is 2.21 bits per heavy atom. The third kappa shape index (κ3) is 5.03. The maximum Gasteiger partial charge on any atom is 0.270 e. The molecule has 1 N–H and O–H groups in total. The summed E-state index contributed by atoms with van der Waals surface area (Å²) >= 11 is 0. The number of hydrogen-bond acceptors (Lipinski definition) is 8. The molecule has 33 heavy (non-hydrogen) atoms. The Labute approximate surface area is 192 Å². The van der Waals surface area contributed by atoms with E-state index in [1.165, 1.54) is 35.2 Å². The molecular weight excluding hydrogens is 450 g/mol. The van der Waals surface area contributed by atoms with Crippen LogP contribution < -0.4 is 23.8 Å². The van der Waals surface area contributed by atoms with Crippen molar-refractivity contribution in [1.82, 2.24) is 5.16 Å². The van der Waals surface area contributed by atoms with Gasteiger partial charge in [-0.15, -0.1) is 0 Å². The zero-order chi connectivity index (χ0) is 24.2. The van der Waals surface area contributed by atoms with E-state index in [1.807, 2.05) is 0 Å². The molecule has 0 saturated heterocycles. The first-order valence-electron chi connectivity index (χ1n) is 9.82. The predicted molar refractivity (Wildman–Crippen MR) is 122 cm³/mol. The average molecular weight is 476 g/mol. The van der Waals surface area contributed by atoms with Gasteiger partial charge in [-0.1, -0.05) is 5.16 Å². The van der Waals surface area contributed by atoms with E-state index in [9.17, 15) is 13.2 Å². The lowest BCUT2D eigenvalue weighted by Gasteiger charge is -2.24. The normalized spacial score (nSPS) is 11.1. The fourth-order valence-corrected chi connectivity index (χ4v) is 4.98. The van der Waals surface area contributed by atoms with Crippen LogP contribution in [-0.4, -0.2) is 47.4 Å². The highest BCUT2D eigenvalue weighted by Gasteiger charge is 2.33. The molecular formula is C22H25N3O7S. The lowest BCUT2D eigenvalue weighted by molar-refractivity contribution is -0.114. The summed E-state index contributed by atoms with van der Waals surface area (Å²) in [6.45, 7) is 2.54. The first-order valence-corrected chi connectivity index (χ1v) is 11.3. The van der Waals surface area contributed by atoms with Crippen molar-refractivity contribution in [3.63, 3.8) is 0 Å². The smallest absolute Gasteiger partial charge is 0.270 e. The Morgan fingerprint density at radius 1 is 1.00 bits per heavy atom. The summed E-state index contributed by atoms with van der Waals surface area (Å²) in [6.07, 6.45) is 0. The number of carbonyl (C=O) groups excluding carboxylic acids is 1. The number of nitrogens with one attached hydrogen (secondary N) is 1. The molecule has 0 aliphatic carbocycles. The van der Waals surface area contributed by atoms with Crippen molar-refractivity contribution in [2.45, 2.75) is 18.7 Å². The molecule has 3 rings (SSSR count). The van der Waals surface area contributed by atoms with E-state index in [-0.39, 0.29) is 22.0 Å². The molecule has 0 radical (unpaired) electrons. The van der Waals surface area contributed by atoms with Crippen molar-refractivity contribution in [1.29, 1.82) is 0 Å². The van der Waals surface area contributed by atoms with Crippen molar-refractivity contribution >= 4 is 27.3 Å². The summed E-state index contributed by atoms with van der Waals surface area (Å²) in [4.78, 5) is 12.8. The number of sulfonamides is 1. The third-order valence-corrected chi connectivity index (χ3v) is 6.85. The summed E-state index contributed by atoms with van der Waals surface area (Å²) < 4.78 is 48.7. The van der Waals surface area contributed by atoms with E-state index in [0.29, 0.717) is 22.9 Å². The van der Waals surface area contributed by atoms with E-state index in [1.54, 1.807) is 42.5 Å². The molecule has 0 aliphatic heterocycles. The summed E-state index contributed by atoms with van der Waals surface area (Å²) in [5.74, 6) is 1.03. The van der Waals surface area contributed by atoms with Crippen molar-refractivity contribution in [3.8, 4) is 17.2 Å². The molecule has 1 heterocycles. The summed E-state index contributed by atoms with van der Waals surface area (Å²) in [5, 5.41) is 6.43. The monoisotopic (exact) mass is 475 g/mol. The zero-order valence-electron chi connectivity index (χ0n) is 18.9. The van der Waals surface area contributed by atoms with Gasteiger partial charge in [-0.3, -0.25) is 9.10 Å². The third-order valence-electron chi connectivity index (χ3n) is 4.83. The average Bonchev–Trinajstić information content (AvgIpc) is 3.16. The van der Waals surface area contributed by atoms with Crippen LogP contribution in [0.1, 0.15) is 11.5 Å². The van der Waals surface area contributed by atoms with Crippen LogP contribution in [-0.2, 0) is 14.8 Å². The van der Waals surface area contributed by atoms with Gasteiger partial charge in [0, 0.05) is 11.8 Å². The number of methoxy groups -OCH3 is 3. The van der Waals surface area contributed by atoms with Gasteiger partial charge < -0.3 is 24.1 Å². The van der Waals surface area contributed by atoms with Crippen molar-refractivity contribution < 1.29 is 31.9 Å². The number of amides is 1.